The van der Waals surface area contributed by atoms with Crippen LogP contribution in [-0.4, -0.2) is 25.0 Å². The molecule has 0 saturated carbocycles. The lowest BCUT2D eigenvalue weighted by Crippen LogP contribution is -2.21. The molecule has 0 amide bonds. The minimum Gasteiger partial charge on any atom is -0.306 e. The van der Waals surface area contributed by atoms with Crippen LogP contribution in [0.4, 0.5) is 0 Å². The van der Waals surface area contributed by atoms with Crippen LogP contribution >= 0.6 is 0 Å². The van der Waals surface area contributed by atoms with Gasteiger partial charge in [0.25, 0.3) is 0 Å². The van der Waals surface area contributed by atoms with E-state index in [1.165, 1.54) is 57.2 Å². The van der Waals surface area contributed by atoms with Gasteiger partial charge in [0, 0.05) is 0 Å². The monoisotopic (exact) mass is 167 g/mol. The van der Waals surface area contributed by atoms with Crippen molar-refractivity contribution in [3.8, 4) is 0 Å². The summed E-state index contributed by atoms with van der Waals surface area (Å²) < 4.78 is 0. The van der Waals surface area contributed by atoms with E-state index in [0.29, 0.717) is 0 Å². The van der Waals surface area contributed by atoms with E-state index in [9.17, 15) is 0 Å². The summed E-state index contributed by atoms with van der Waals surface area (Å²) in [7, 11) is 2.23. The first kappa shape index (κ1) is 9.79. The smallest absolute Gasteiger partial charge is 0.00217 e. The van der Waals surface area contributed by atoms with Crippen molar-refractivity contribution in [3.05, 3.63) is 12.2 Å². The summed E-state index contributed by atoms with van der Waals surface area (Å²) >= 11 is 0. The zero-order chi connectivity index (χ0) is 8.81. The van der Waals surface area contributed by atoms with E-state index in [4.69, 9.17) is 0 Å². The molecule has 0 N–H and O–H groups in total. The van der Waals surface area contributed by atoms with Gasteiger partial charge in [0.2, 0.25) is 0 Å². The molecule has 0 aromatic rings. The fourth-order valence-corrected chi connectivity index (χ4v) is 1.75. The van der Waals surface area contributed by atoms with Gasteiger partial charge in [-0.3, -0.25) is 0 Å². The second kappa shape index (κ2) is 5.36. The predicted molar refractivity (Wildman–Crippen MR) is 54.3 cm³/mol. The van der Waals surface area contributed by atoms with E-state index in [-0.39, 0.29) is 0 Å². The predicted octanol–water partition coefficient (Wildman–Crippen LogP) is 2.83. The van der Waals surface area contributed by atoms with Gasteiger partial charge in [0.1, 0.15) is 0 Å². The van der Waals surface area contributed by atoms with Crippen LogP contribution in [0.5, 0.6) is 0 Å². The Labute approximate surface area is 76.5 Å². The molecule has 1 rings (SSSR count). The van der Waals surface area contributed by atoms with Crippen LogP contribution in [0.15, 0.2) is 12.2 Å². The number of hydrogen-bond acceptors (Lipinski definition) is 1. The molecule has 1 aliphatic heterocycles. The molecule has 0 aromatic heterocycles. The van der Waals surface area contributed by atoms with E-state index in [2.05, 4.69) is 18.5 Å². The molecule has 0 atom stereocenters. The van der Waals surface area contributed by atoms with E-state index in [1.54, 1.807) is 0 Å². The number of hydrogen-bond donors (Lipinski definition) is 0. The molecule has 0 bridgehead atoms. The number of nitrogens with zero attached hydrogens (tertiary/aromatic N) is 1. The molecular weight excluding hydrogens is 146 g/mol. The van der Waals surface area contributed by atoms with Gasteiger partial charge in [0.05, 0.1) is 0 Å². The van der Waals surface area contributed by atoms with E-state index >= 15 is 0 Å². The highest BCUT2D eigenvalue weighted by Gasteiger charge is 2.02. The van der Waals surface area contributed by atoms with Crippen molar-refractivity contribution in [1.29, 1.82) is 0 Å². The largest absolute Gasteiger partial charge is 0.306 e. The molecule has 1 fully saturated rings. The first-order valence-electron chi connectivity index (χ1n) is 5.14. The summed E-state index contributed by atoms with van der Waals surface area (Å²) in [5.74, 6) is 0. The third kappa shape index (κ3) is 3.91. The van der Waals surface area contributed by atoms with Gasteiger partial charge in [0.15, 0.2) is 0 Å². The average Bonchev–Trinajstić information content (AvgIpc) is 2.06. The second-order valence-electron chi connectivity index (χ2n) is 3.97. The molecule has 1 nitrogen and oxygen atoms in total. The Morgan fingerprint density at radius 3 is 2.00 bits per heavy atom. The molecule has 1 saturated heterocycles. The van der Waals surface area contributed by atoms with Crippen LogP contribution in [0.2, 0.25) is 0 Å². The molecule has 1 heteroatoms. The molecule has 0 spiro atoms. The van der Waals surface area contributed by atoms with Gasteiger partial charge in [-0.05, 0) is 58.7 Å². The Morgan fingerprint density at radius 2 is 1.50 bits per heavy atom. The van der Waals surface area contributed by atoms with Gasteiger partial charge < -0.3 is 4.90 Å². The Hall–Kier alpha value is -0.300. The lowest BCUT2D eigenvalue weighted by Gasteiger charge is -2.18. The number of allylic oxidation sites excluding steroid dienone is 1. The fraction of sp³-hybridized carbons (Fsp3) is 0.818. The van der Waals surface area contributed by atoms with Gasteiger partial charge in [-0.2, -0.15) is 0 Å². The van der Waals surface area contributed by atoms with Crippen LogP contribution in [0.1, 0.15) is 38.5 Å². The van der Waals surface area contributed by atoms with Crippen LogP contribution in [0.3, 0.4) is 0 Å². The standard InChI is InChI=1S/C11H21N/c1-11-7-3-5-9-12(2)10-6-4-8-11/h1,3-10H2,2H3. The van der Waals surface area contributed by atoms with Crippen LogP contribution in [0, 0.1) is 0 Å². The highest BCUT2D eigenvalue weighted by atomic mass is 15.1. The summed E-state index contributed by atoms with van der Waals surface area (Å²) in [6, 6.07) is 0. The van der Waals surface area contributed by atoms with Crippen molar-refractivity contribution in [2.75, 3.05) is 20.1 Å². The third-order valence-electron chi connectivity index (χ3n) is 2.64. The highest BCUT2D eigenvalue weighted by molar-refractivity contribution is 4.93. The quantitative estimate of drug-likeness (QED) is 0.501. The molecule has 0 unspecified atom stereocenters. The maximum atomic E-state index is 4.09. The van der Waals surface area contributed by atoms with Crippen molar-refractivity contribution < 1.29 is 0 Å². The van der Waals surface area contributed by atoms with E-state index < -0.39 is 0 Å². The summed E-state index contributed by atoms with van der Waals surface area (Å²) in [5, 5.41) is 0. The van der Waals surface area contributed by atoms with Crippen LogP contribution in [-0.2, 0) is 0 Å². The van der Waals surface area contributed by atoms with Crippen molar-refractivity contribution in [1.82, 2.24) is 4.90 Å². The molecule has 0 aromatic carbocycles. The molecule has 0 radical (unpaired) electrons. The summed E-state index contributed by atoms with van der Waals surface area (Å²) in [6.07, 6.45) is 7.87. The normalized spacial score (nSPS) is 23.9. The van der Waals surface area contributed by atoms with Crippen molar-refractivity contribution in [2.45, 2.75) is 38.5 Å². The average molecular weight is 167 g/mol. The maximum absolute atomic E-state index is 4.09. The molecule has 1 heterocycles. The zero-order valence-electron chi connectivity index (χ0n) is 8.31. The third-order valence-corrected chi connectivity index (χ3v) is 2.64. The van der Waals surface area contributed by atoms with Crippen molar-refractivity contribution >= 4 is 0 Å². The van der Waals surface area contributed by atoms with Gasteiger partial charge in [-0.25, -0.2) is 0 Å². The molecule has 12 heavy (non-hydrogen) atoms. The first-order valence-corrected chi connectivity index (χ1v) is 5.14. The Kier molecular flexibility index (Phi) is 4.37. The van der Waals surface area contributed by atoms with Gasteiger partial charge in [-0.1, -0.05) is 12.2 Å². The minimum atomic E-state index is 1.26. The summed E-state index contributed by atoms with van der Waals surface area (Å²) in [6.45, 7) is 6.64. The van der Waals surface area contributed by atoms with Crippen molar-refractivity contribution in [3.63, 3.8) is 0 Å². The van der Waals surface area contributed by atoms with Crippen LogP contribution < -0.4 is 0 Å². The molecule has 70 valence electrons. The Morgan fingerprint density at radius 1 is 1.00 bits per heavy atom. The Bertz CT molecular complexity index is 126. The van der Waals surface area contributed by atoms with Crippen LogP contribution in [0.25, 0.3) is 0 Å². The second-order valence-corrected chi connectivity index (χ2v) is 3.97. The summed E-state index contributed by atoms with van der Waals surface area (Å²) in [5.41, 5.74) is 1.47. The van der Waals surface area contributed by atoms with E-state index in [1.807, 2.05) is 0 Å². The molecule has 1 aliphatic rings. The maximum Gasteiger partial charge on any atom is -0.00217 e. The molecule has 0 aliphatic carbocycles. The highest BCUT2D eigenvalue weighted by Crippen LogP contribution is 2.14. The first-order chi connectivity index (χ1) is 5.79. The summed E-state index contributed by atoms with van der Waals surface area (Å²) in [4.78, 5) is 2.45. The lowest BCUT2D eigenvalue weighted by atomic mass is 10.0. The zero-order valence-corrected chi connectivity index (χ0v) is 8.31. The van der Waals surface area contributed by atoms with Crippen molar-refractivity contribution in [2.24, 2.45) is 0 Å². The van der Waals surface area contributed by atoms with E-state index in [0.717, 1.165) is 0 Å². The number of rotatable bonds is 0. The topological polar surface area (TPSA) is 3.24 Å². The fourth-order valence-electron chi connectivity index (χ4n) is 1.75. The minimum absolute atomic E-state index is 1.26. The van der Waals surface area contributed by atoms with Gasteiger partial charge in [-0.15, -0.1) is 0 Å². The molecular formula is C11H21N. The Balaban J connectivity index is 2.25. The van der Waals surface area contributed by atoms with Gasteiger partial charge >= 0.3 is 0 Å². The lowest BCUT2D eigenvalue weighted by molar-refractivity contribution is 0.314. The SMILES string of the molecule is C=C1CCCCN(C)CCCC1.